The van der Waals surface area contributed by atoms with E-state index in [0.717, 1.165) is 30.7 Å². The molecular formula is C14H21BrN2O. The van der Waals surface area contributed by atoms with Gasteiger partial charge < -0.3 is 10.2 Å². The molecule has 0 aliphatic rings. The second-order valence-corrected chi connectivity index (χ2v) is 5.03. The standard InChI is InChI=1S/C14H21BrN2O/c1-3-17(4-2)14(18)9-10-16-11-12-5-7-13(15)8-6-12/h5-8,16H,3-4,9-11H2,1-2H3. The van der Waals surface area contributed by atoms with E-state index in [0.29, 0.717) is 6.42 Å². The Morgan fingerprint density at radius 3 is 2.39 bits per heavy atom. The molecule has 100 valence electrons. The summed E-state index contributed by atoms with van der Waals surface area (Å²) in [5, 5.41) is 3.29. The first-order valence-corrected chi connectivity index (χ1v) is 7.19. The molecule has 1 aromatic carbocycles. The Balaban J connectivity index is 2.22. The van der Waals surface area contributed by atoms with Gasteiger partial charge in [-0.25, -0.2) is 0 Å². The van der Waals surface area contributed by atoms with E-state index < -0.39 is 0 Å². The maximum atomic E-state index is 11.7. The van der Waals surface area contributed by atoms with Crippen molar-refractivity contribution in [2.75, 3.05) is 19.6 Å². The summed E-state index contributed by atoms with van der Waals surface area (Å²) in [5.41, 5.74) is 1.23. The topological polar surface area (TPSA) is 32.3 Å². The number of hydrogen-bond acceptors (Lipinski definition) is 2. The predicted molar refractivity (Wildman–Crippen MR) is 78.4 cm³/mol. The van der Waals surface area contributed by atoms with E-state index in [1.165, 1.54) is 5.56 Å². The Morgan fingerprint density at radius 2 is 1.83 bits per heavy atom. The SMILES string of the molecule is CCN(CC)C(=O)CCNCc1ccc(Br)cc1. The van der Waals surface area contributed by atoms with Crippen molar-refractivity contribution in [3.8, 4) is 0 Å². The van der Waals surface area contributed by atoms with Gasteiger partial charge in [-0.15, -0.1) is 0 Å². The third-order valence-corrected chi connectivity index (χ3v) is 3.40. The van der Waals surface area contributed by atoms with Crippen LogP contribution in [0, 0.1) is 0 Å². The Morgan fingerprint density at radius 1 is 1.22 bits per heavy atom. The molecule has 0 spiro atoms. The molecule has 0 bridgehead atoms. The van der Waals surface area contributed by atoms with E-state index in [9.17, 15) is 4.79 Å². The molecule has 0 saturated heterocycles. The highest BCUT2D eigenvalue weighted by Crippen LogP contribution is 2.10. The molecule has 0 unspecified atom stereocenters. The van der Waals surface area contributed by atoms with E-state index in [1.54, 1.807) is 0 Å². The number of nitrogens with one attached hydrogen (secondary N) is 1. The first kappa shape index (κ1) is 15.2. The van der Waals surface area contributed by atoms with Crippen LogP contribution >= 0.6 is 15.9 Å². The summed E-state index contributed by atoms with van der Waals surface area (Å²) in [7, 11) is 0. The van der Waals surface area contributed by atoms with Gasteiger partial charge in [0.05, 0.1) is 0 Å². The summed E-state index contributed by atoms with van der Waals surface area (Å²) in [5.74, 6) is 0.225. The second-order valence-electron chi connectivity index (χ2n) is 4.12. The number of nitrogens with zero attached hydrogens (tertiary/aromatic N) is 1. The van der Waals surface area contributed by atoms with Crippen molar-refractivity contribution in [2.24, 2.45) is 0 Å². The summed E-state index contributed by atoms with van der Waals surface area (Å²) in [4.78, 5) is 13.6. The molecule has 1 N–H and O–H groups in total. The van der Waals surface area contributed by atoms with Crippen LogP contribution in [0.3, 0.4) is 0 Å². The normalized spacial score (nSPS) is 10.4. The van der Waals surface area contributed by atoms with Crippen LogP contribution in [0.15, 0.2) is 28.7 Å². The van der Waals surface area contributed by atoms with Gasteiger partial charge >= 0.3 is 0 Å². The minimum atomic E-state index is 0.225. The van der Waals surface area contributed by atoms with Crippen molar-refractivity contribution >= 4 is 21.8 Å². The molecule has 0 fully saturated rings. The lowest BCUT2D eigenvalue weighted by atomic mass is 10.2. The molecule has 0 aromatic heterocycles. The number of rotatable bonds is 7. The van der Waals surface area contributed by atoms with Gasteiger partial charge in [0.1, 0.15) is 0 Å². The zero-order valence-corrected chi connectivity index (χ0v) is 12.7. The number of benzene rings is 1. The molecule has 0 atom stereocenters. The van der Waals surface area contributed by atoms with Gasteiger partial charge in [-0.2, -0.15) is 0 Å². The Hall–Kier alpha value is -0.870. The molecule has 0 aliphatic heterocycles. The van der Waals surface area contributed by atoms with Crippen LogP contribution < -0.4 is 5.32 Å². The molecule has 1 amide bonds. The molecule has 1 rings (SSSR count). The third-order valence-electron chi connectivity index (χ3n) is 2.87. The lowest BCUT2D eigenvalue weighted by Gasteiger charge is -2.18. The third kappa shape index (κ3) is 5.19. The van der Waals surface area contributed by atoms with Crippen molar-refractivity contribution < 1.29 is 4.79 Å². The lowest BCUT2D eigenvalue weighted by molar-refractivity contribution is -0.130. The average Bonchev–Trinajstić information content (AvgIpc) is 2.38. The van der Waals surface area contributed by atoms with Gasteiger partial charge in [-0.3, -0.25) is 4.79 Å². The summed E-state index contributed by atoms with van der Waals surface area (Å²) >= 11 is 3.41. The van der Waals surface area contributed by atoms with E-state index >= 15 is 0 Å². The minimum Gasteiger partial charge on any atom is -0.343 e. The number of carbonyl (C=O) groups is 1. The van der Waals surface area contributed by atoms with Gasteiger partial charge in [0, 0.05) is 37.1 Å². The van der Waals surface area contributed by atoms with Crippen molar-refractivity contribution in [1.82, 2.24) is 10.2 Å². The molecule has 0 heterocycles. The fourth-order valence-corrected chi connectivity index (χ4v) is 2.03. The Kier molecular flexibility index (Phi) is 6.98. The minimum absolute atomic E-state index is 0.225. The summed E-state index contributed by atoms with van der Waals surface area (Å²) in [6.45, 7) is 7.14. The van der Waals surface area contributed by atoms with E-state index in [2.05, 4.69) is 33.4 Å². The Bertz CT molecular complexity index is 361. The quantitative estimate of drug-likeness (QED) is 0.785. The smallest absolute Gasteiger partial charge is 0.223 e. The molecule has 4 heteroatoms. The molecule has 1 aromatic rings. The van der Waals surface area contributed by atoms with Crippen LogP contribution in [0.5, 0.6) is 0 Å². The van der Waals surface area contributed by atoms with Crippen LogP contribution in [0.2, 0.25) is 0 Å². The summed E-state index contributed by atoms with van der Waals surface area (Å²) in [6, 6.07) is 8.20. The van der Waals surface area contributed by atoms with Gasteiger partial charge in [-0.05, 0) is 31.5 Å². The van der Waals surface area contributed by atoms with E-state index in [4.69, 9.17) is 0 Å². The number of halogens is 1. The van der Waals surface area contributed by atoms with Gasteiger partial charge in [0.2, 0.25) is 5.91 Å². The maximum absolute atomic E-state index is 11.7. The highest BCUT2D eigenvalue weighted by atomic mass is 79.9. The van der Waals surface area contributed by atoms with Crippen LogP contribution in [0.25, 0.3) is 0 Å². The molecule has 0 radical (unpaired) electrons. The van der Waals surface area contributed by atoms with Gasteiger partial charge in [0.25, 0.3) is 0 Å². The van der Waals surface area contributed by atoms with Gasteiger partial charge in [-0.1, -0.05) is 28.1 Å². The monoisotopic (exact) mass is 312 g/mol. The fraction of sp³-hybridized carbons (Fsp3) is 0.500. The van der Waals surface area contributed by atoms with Crippen LogP contribution in [-0.4, -0.2) is 30.4 Å². The highest BCUT2D eigenvalue weighted by molar-refractivity contribution is 9.10. The largest absolute Gasteiger partial charge is 0.343 e. The summed E-state index contributed by atoms with van der Waals surface area (Å²) in [6.07, 6.45) is 0.568. The van der Waals surface area contributed by atoms with E-state index in [1.807, 2.05) is 30.9 Å². The Labute approximate surface area is 118 Å². The number of hydrogen-bond donors (Lipinski definition) is 1. The first-order valence-electron chi connectivity index (χ1n) is 6.40. The average molecular weight is 313 g/mol. The van der Waals surface area contributed by atoms with Crippen molar-refractivity contribution in [3.63, 3.8) is 0 Å². The molecule has 0 saturated carbocycles. The zero-order valence-electron chi connectivity index (χ0n) is 11.1. The van der Waals surface area contributed by atoms with Crippen LogP contribution in [0.4, 0.5) is 0 Å². The highest BCUT2D eigenvalue weighted by Gasteiger charge is 2.07. The fourth-order valence-electron chi connectivity index (χ4n) is 1.76. The molecule has 3 nitrogen and oxygen atoms in total. The van der Waals surface area contributed by atoms with Crippen molar-refractivity contribution in [2.45, 2.75) is 26.8 Å². The predicted octanol–water partition coefficient (Wildman–Crippen LogP) is 2.80. The second kappa shape index (κ2) is 8.27. The molecular weight excluding hydrogens is 292 g/mol. The van der Waals surface area contributed by atoms with Crippen molar-refractivity contribution in [1.29, 1.82) is 0 Å². The number of amides is 1. The number of carbonyl (C=O) groups excluding carboxylic acids is 1. The lowest BCUT2D eigenvalue weighted by Crippen LogP contribution is -2.32. The van der Waals surface area contributed by atoms with Crippen LogP contribution in [0.1, 0.15) is 25.8 Å². The summed E-state index contributed by atoms with van der Waals surface area (Å²) < 4.78 is 1.09. The van der Waals surface area contributed by atoms with Crippen LogP contribution in [-0.2, 0) is 11.3 Å². The van der Waals surface area contributed by atoms with Crippen molar-refractivity contribution in [3.05, 3.63) is 34.3 Å². The maximum Gasteiger partial charge on any atom is 0.223 e. The zero-order chi connectivity index (χ0) is 13.4. The first-order chi connectivity index (χ1) is 8.67. The molecule has 0 aliphatic carbocycles. The molecule has 18 heavy (non-hydrogen) atoms. The van der Waals surface area contributed by atoms with E-state index in [-0.39, 0.29) is 5.91 Å². The van der Waals surface area contributed by atoms with Gasteiger partial charge in [0.15, 0.2) is 0 Å².